The minimum atomic E-state index is -1.15. The van der Waals surface area contributed by atoms with Gasteiger partial charge in [-0.2, -0.15) is 4.98 Å². The molecule has 174 valence electrons. The Bertz CT molecular complexity index is 1090. The van der Waals surface area contributed by atoms with Crippen LogP contribution in [0.5, 0.6) is 5.88 Å². The lowest BCUT2D eigenvalue weighted by Gasteiger charge is -2.35. The van der Waals surface area contributed by atoms with Crippen molar-refractivity contribution in [1.29, 1.82) is 0 Å². The molecular weight excluding hydrogens is 432 g/mol. The van der Waals surface area contributed by atoms with Crippen molar-refractivity contribution >= 4 is 29.5 Å². The van der Waals surface area contributed by atoms with Crippen molar-refractivity contribution in [2.24, 2.45) is 0 Å². The van der Waals surface area contributed by atoms with E-state index in [0.717, 1.165) is 18.7 Å². The number of carbonyl (C=O) groups excluding carboxylic acids is 1. The van der Waals surface area contributed by atoms with Crippen LogP contribution >= 0.6 is 0 Å². The maximum atomic E-state index is 13.2. The topological polar surface area (TPSA) is 139 Å². The predicted molar refractivity (Wildman–Crippen MR) is 116 cm³/mol. The third-order valence-electron chi connectivity index (χ3n) is 5.72. The van der Waals surface area contributed by atoms with Crippen LogP contribution in [-0.4, -0.2) is 76.3 Å². The van der Waals surface area contributed by atoms with E-state index in [1.54, 1.807) is 12.1 Å². The highest BCUT2D eigenvalue weighted by Crippen LogP contribution is 2.39. The Morgan fingerprint density at radius 1 is 1.30 bits per heavy atom. The maximum absolute atomic E-state index is 13.2. The maximum Gasteiger partial charge on any atom is 0.354 e. The number of carboxylic acid groups (broad SMARTS) is 1. The second-order valence-electron chi connectivity index (χ2n) is 8.51. The van der Waals surface area contributed by atoms with Crippen LogP contribution < -0.4 is 19.9 Å². The zero-order chi connectivity index (χ0) is 23.2. The van der Waals surface area contributed by atoms with Gasteiger partial charge in [0.05, 0.1) is 18.3 Å². The Balaban J connectivity index is 1.31. The number of hydrogen-bond acceptors (Lipinski definition) is 9. The van der Waals surface area contributed by atoms with Gasteiger partial charge < -0.3 is 24.2 Å². The van der Waals surface area contributed by atoms with Crippen molar-refractivity contribution in [2.75, 3.05) is 41.4 Å². The van der Waals surface area contributed by atoms with Gasteiger partial charge in [0, 0.05) is 25.4 Å². The van der Waals surface area contributed by atoms with Crippen LogP contribution in [0.4, 0.5) is 22.2 Å². The number of nitrogens with one attached hydrogen (secondary N) is 1. The molecule has 2 saturated heterocycles. The molecule has 2 amide bonds. The van der Waals surface area contributed by atoms with Gasteiger partial charge in [-0.05, 0) is 32.4 Å². The molecule has 2 N–H and O–H groups in total. The number of fused-ring (bicyclic) bond motifs is 4. The number of aromatic nitrogens is 3. The number of pyridine rings is 1. The zero-order valence-corrected chi connectivity index (χ0v) is 18.2. The Kier molecular flexibility index (Phi) is 5.25. The fraction of sp³-hybridized carbons (Fsp3) is 0.476. The standard InChI is InChI=1S/C21H24N6O6/c1-21(2)32-11-13(33-21)10-31-16-5-7-22-19(24-16)25-20(30)27-12-6-8-26(9-12)15-4-3-14(18(28)29)23-17(15)27/h3-5,7,12-13H,6,8-11H2,1-2H3,(H,28,29)(H,22,24,25,30)/t12?,13-/m0/s1. The Morgan fingerprint density at radius 3 is 2.91 bits per heavy atom. The number of ether oxygens (including phenoxy) is 3. The van der Waals surface area contributed by atoms with Crippen LogP contribution in [0.15, 0.2) is 24.4 Å². The molecular formula is C21H24N6O6. The van der Waals surface area contributed by atoms with E-state index in [1.807, 2.05) is 13.8 Å². The second kappa shape index (κ2) is 8.12. The van der Waals surface area contributed by atoms with Gasteiger partial charge in [0.2, 0.25) is 11.8 Å². The first kappa shape index (κ1) is 21.3. The van der Waals surface area contributed by atoms with Crippen LogP contribution in [0.2, 0.25) is 0 Å². The monoisotopic (exact) mass is 456 g/mol. The molecule has 5 rings (SSSR count). The average molecular weight is 456 g/mol. The van der Waals surface area contributed by atoms with Gasteiger partial charge in [-0.3, -0.25) is 10.2 Å². The number of amides is 2. The molecule has 2 aromatic rings. The van der Waals surface area contributed by atoms with Gasteiger partial charge in [-0.15, -0.1) is 0 Å². The normalized spacial score (nSPS) is 22.7. The quantitative estimate of drug-likeness (QED) is 0.684. The van der Waals surface area contributed by atoms with E-state index < -0.39 is 17.8 Å². The summed E-state index contributed by atoms with van der Waals surface area (Å²) in [6.07, 6.45) is 2.00. The van der Waals surface area contributed by atoms with E-state index in [4.69, 9.17) is 14.2 Å². The predicted octanol–water partition coefficient (Wildman–Crippen LogP) is 1.73. The molecule has 2 aromatic heterocycles. The summed E-state index contributed by atoms with van der Waals surface area (Å²) in [5.41, 5.74) is 0.602. The number of carbonyl (C=O) groups is 2. The summed E-state index contributed by atoms with van der Waals surface area (Å²) in [7, 11) is 0. The Labute approximate surface area is 189 Å². The second-order valence-corrected chi connectivity index (χ2v) is 8.51. The lowest BCUT2D eigenvalue weighted by molar-refractivity contribution is -0.141. The first-order valence-electron chi connectivity index (χ1n) is 10.7. The van der Waals surface area contributed by atoms with Crippen LogP contribution in [0.25, 0.3) is 0 Å². The number of rotatable bonds is 5. The lowest BCUT2D eigenvalue weighted by Crippen LogP contribution is -2.48. The summed E-state index contributed by atoms with van der Waals surface area (Å²) in [5.74, 6) is -1.13. The van der Waals surface area contributed by atoms with Gasteiger partial charge >= 0.3 is 12.0 Å². The molecule has 0 aromatic carbocycles. The number of carboxylic acids is 1. The Hall–Kier alpha value is -3.51. The number of urea groups is 1. The van der Waals surface area contributed by atoms with E-state index in [-0.39, 0.29) is 36.3 Å². The van der Waals surface area contributed by atoms with E-state index in [2.05, 4.69) is 25.2 Å². The van der Waals surface area contributed by atoms with Crippen molar-refractivity contribution in [1.82, 2.24) is 15.0 Å². The molecule has 2 bridgehead atoms. The van der Waals surface area contributed by atoms with E-state index in [0.29, 0.717) is 19.0 Å². The highest BCUT2D eigenvalue weighted by atomic mass is 16.7. The van der Waals surface area contributed by atoms with Gasteiger partial charge in [0.25, 0.3) is 0 Å². The molecule has 1 unspecified atom stereocenters. The van der Waals surface area contributed by atoms with Crippen LogP contribution in [0.3, 0.4) is 0 Å². The summed E-state index contributed by atoms with van der Waals surface area (Å²) in [4.78, 5) is 40.8. The molecule has 0 spiro atoms. The van der Waals surface area contributed by atoms with Gasteiger partial charge in [-0.1, -0.05) is 0 Å². The van der Waals surface area contributed by atoms with Gasteiger partial charge in [-0.25, -0.2) is 19.6 Å². The fourth-order valence-electron chi connectivity index (χ4n) is 4.25. The number of nitrogens with zero attached hydrogens (tertiary/aromatic N) is 5. The van der Waals surface area contributed by atoms with E-state index >= 15 is 0 Å². The molecule has 12 heteroatoms. The number of aromatic carboxylic acids is 1. The smallest absolute Gasteiger partial charge is 0.354 e. The van der Waals surface area contributed by atoms with Crippen LogP contribution in [-0.2, 0) is 9.47 Å². The third-order valence-corrected chi connectivity index (χ3v) is 5.72. The summed E-state index contributed by atoms with van der Waals surface area (Å²) in [6.45, 7) is 5.74. The Morgan fingerprint density at radius 2 is 2.15 bits per heavy atom. The summed E-state index contributed by atoms with van der Waals surface area (Å²) in [5, 5.41) is 12.0. The summed E-state index contributed by atoms with van der Waals surface area (Å²) in [6, 6.07) is 4.11. The molecule has 3 aliphatic heterocycles. The highest BCUT2D eigenvalue weighted by molar-refractivity contribution is 6.04. The molecule has 2 fully saturated rings. The molecule has 3 aliphatic rings. The molecule has 12 nitrogen and oxygen atoms in total. The van der Waals surface area contributed by atoms with Crippen molar-refractivity contribution in [2.45, 2.75) is 38.2 Å². The van der Waals surface area contributed by atoms with Gasteiger partial charge in [0.15, 0.2) is 17.3 Å². The number of anilines is 3. The van der Waals surface area contributed by atoms with Crippen molar-refractivity contribution in [3.63, 3.8) is 0 Å². The molecule has 0 aliphatic carbocycles. The largest absolute Gasteiger partial charge is 0.477 e. The summed E-state index contributed by atoms with van der Waals surface area (Å²) < 4.78 is 16.9. The molecule has 0 radical (unpaired) electrons. The van der Waals surface area contributed by atoms with Crippen LogP contribution in [0, 0.1) is 0 Å². The lowest BCUT2D eigenvalue weighted by atomic mass is 10.2. The zero-order valence-electron chi connectivity index (χ0n) is 18.2. The minimum absolute atomic E-state index is 0.0674. The fourth-order valence-corrected chi connectivity index (χ4v) is 4.25. The molecule has 33 heavy (non-hydrogen) atoms. The minimum Gasteiger partial charge on any atom is -0.477 e. The van der Waals surface area contributed by atoms with Crippen LogP contribution in [0.1, 0.15) is 30.8 Å². The first-order chi connectivity index (χ1) is 15.8. The number of hydrogen-bond donors (Lipinski definition) is 2. The first-order valence-corrected chi connectivity index (χ1v) is 10.7. The molecule has 2 atom stereocenters. The molecule has 5 heterocycles. The van der Waals surface area contributed by atoms with Crippen molar-refractivity contribution in [3.05, 3.63) is 30.1 Å². The average Bonchev–Trinajstić information content (AvgIpc) is 3.35. The van der Waals surface area contributed by atoms with E-state index in [1.165, 1.54) is 17.2 Å². The highest BCUT2D eigenvalue weighted by Gasteiger charge is 2.41. The molecule has 0 saturated carbocycles. The van der Waals surface area contributed by atoms with E-state index in [9.17, 15) is 14.7 Å². The SMILES string of the molecule is CC1(C)OC[C@H](COc2ccnc(NC(=O)N3c4nc(C(=O)O)ccc4N4CCC3C4)n2)O1. The van der Waals surface area contributed by atoms with Crippen molar-refractivity contribution in [3.8, 4) is 5.88 Å². The summed E-state index contributed by atoms with van der Waals surface area (Å²) >= 11 is 0. The van der Waals surface area contributed by atoms with Gasteiger partial charge in [0.1, 0.15) is 12.7 Å². The third kappa shape index (κ3) is 4.26. The van der Waals surface area contributed by atoms with Crippen molar-refractivity contribution < 1.29 is 28.9 Å².